The van der Waals surface area contributed by atoms with Gasteiger partial charge in [-0.15, -0.1) is 0 Å². The minimum absolute atomic E-state index is 0.0598. The number of carbonyl (C=O) groups is 1. The van der Waals surface area contributed by atoms with Gasteiger partial charge in [-0.1, -0.05) is 23.7 Å². The lowest BCUT2D eigenvalue weighted by molar-refractivity contribution is 0.0711. The van der Waals surface area contributed by atoms with E-state index in [9.17, 15) is 13.2 Å². The van der Waals surface area contributed by atoms with E-state index in [2.05, 4.69) is 4.72 Å². The van der Waals surface area contributed by atoms with Gasteiger partial charge in [-0.3, -0.25) is 4.79 Å². The third kappa shape index (κ3) is 4.84. The summed E-state index contributed by atoms with van der Waals surface area (Å²) in [5.74, 6) is 0.669. The molecule has 0 aliphatic carbocycles. The van der Waals surface area contributed by atoms with Crippen molar-refractivity contribution in [3.8, 4) is 5.75 Å². The van der Waals surface area contributed by atoms with E-state index >= 15 is 0 Å². The molecular formula is C20H23ClN2O4S. The van der Waals surface area contributed by atoms with Gasteiger partial charge in [0.2, 0.25) is 10.0 Å². The van der Waals surface area contributed by atoms with Crippen LogP contribution < -0.4 is 9.46 Å². The van der Waals surface area contributed by atoms with E-state index in [-0.39, 0.29) is 21.9 Å². The lowest BCUT2D eigenvalue weighted by Gasteiger charge is -2.32. The van der Waals surface area contributed by atoms with Crippen LogP contribution in [0.4, 0.5) is 0 Å². The largest absolute Gasteiger partial charge is 0.494 e. The summed E-state index contributed by atoms with van der Waals surface area (Å²) in [4.78, 5) is 14.5. The lowest BCUT2D eigenvalue weighted by atomic mass is 10.0. The van der Waals surface area contributed by atoms with Gasteiger partial charge in [0.25, 0.3) is 5.91 Å². The second kappa shape index (κ2) is 8.94. The molecule has 6 nitrogen and oxygen atoms in total. The number of hydrogen-bond donors (Lipinski definition) is 1. The molecule has 8 heteroatoms. The van der Waals surface area contributed by atoms with Gasteiger partial charge < -0.3 is 9.64 Å². The van der Waals surface area contributed by atoms with Crippen molar-refractivity contribution in [2.45, 2.75) is 30.7 Å². The van der Waals surface area contributed by atoms with Gasteiger partial charge >= 0.3 is 0 Å². The Labute approximate surface area is 170 Å². The Morgan fingerprint density at radius 1 is 1.14 bits per heavy atom. The molecule has 1 saturated heterocycles. The number of halogens is 1. The molecule has 150 valence electrons. The van der Waals surface area contributed by atoms with Crippen LogP contribution in [-0.4, -0.2) is 45.0 Å². The number of benzene rings is 2. The fraction of sp³-hybridized carbons (Fsp3) is 0.350. The minimum Gasteiger partial charge on any atom is -0.494 e. The van der Waals surface area contributed by atoms with E-state index in [0.717, 1.165) is 5.75 Å². The smallest absolute Gasteiger partial charge is 0.253 e. The molecule has 1 aliphatic rings. The molecule has 0 atom stereocenters. The number of nitrogens with one attached hydrogen (secondary N) is 1. The zero-order valence-electron chi connectivity index (χ0n) is 15.6. The van der Waals surface area contributed by atoms with E-state index in [0.29, 0.717) is 38.1 Å². The number of amides is 1. The molecule has 0 unspecified atom stereocenters. The third-order valence-corrected chi connectivity index (χ3v) is 6.66. The molecule has 0 bridgehead atoms. The number of nitrogens with zero attached hydrogens (tertiary/aromatic N) is 1. The van der Waals surface area contributed by atoms with Crippen LogP contribution in [0.1, 0.15) is 30.1 Å². The first-order chi connectivity index (χ1) is 13.4. The molecule has 1 amide bonds. The van der Waals surface area contributed by atoms with Crippen molar-refractivity contribution in [1.29, 1.82) is 0 Å². The van der Waals surface area contributed by atoms with Gasteiger partial charge in [-0.25, -0.2) is 13.1 Å². The Balaban J connectivity index is 1.58. The van der Waals surface area contributed by atoms with Crippen LogP contribution in [0.15, 0.2) is 53.4 Å². The zero-order valence-corrected chi connectivity index (χ0v) is 17.2. The highest BCUT2D eigenvalue weighted by Gasteiger charge is 2.28. The van der Waals surface area contributed by atoms with Crippen LogP contribution in [-0.2, 0) is 10.0 Å². The van der Waals surface area contributed by atoms with Gasteiger partial charge in [0.05, 0.1) is 11.6 Å². The standard InChI is InChI=1S/C20H23ClN2O4S/c1-2-27-17-9-7-15(8-10-17)20(24)23-13-11-16(12-14-23)22-28(25,26)19-6-4-3-5-18(19)21/h3-10,16,22H,2,11-14H2,1H3. The van der Waals surface area contributed by atoms with Crippen LogP contribution in [0.5, 0.6) is 5.75 Å². The Hall–Kier alpha value is -2.09. The third-order valence-electron chi connectivity index (χ3n) is 4.64. The van der Waals surface area contributed by atoms with Crippen molar-refractivity contribution < 1.29 is 17.9 Å². The second-order valence-corrected chi connectivity index (χ2v) is 8.67. The maximum atomic E-state index is 12.7. The van der Waals surface area contributed by atoms with Gasteiger partial charge in [-0.2, -0.15) is 0 Å². The van der Waals surface area contributed by atoms with E-state index in [4.69, 9.17) is 16.3 Å². The molecule has 0 radical (unpaired) electrons. The first-order valence-corrected chi connectivity index (χ1v) is 11.1. The summed E-state index contributed by atoms with van der Waals surface area (Å²) in [6.45, 7) is 3.46. The molecule has 0 aromatic heterocycles. The normalized spacial score (nSPS) is 15.4. The molecule has 2 aromatic rings. The van der Waals surface area contributed by atoms with Crippen LogP contribution >= 0.6 is 11.6 Å². The maximum Gasteiger partial charge on any atom is 0.253 e. The van der Waals surface area contributed by atoms with Gasteiger partial charge in [0, 0.05) is 24.7 Å². The molecule has 1 aliphatic heterocycles. The molecule has 1 N–H and O–H groups in total. The number of ether oxygens (including phenoxy) is 1. The number of piperidine rings is 1. The van der Waals surface area contributed by atoms with E-state index in [1.54, 1.807) is 47.4 Å². The van der Waals surface area contributed by atoms with Gasteiger partial charge in [0.1, 0.15) is 10.6 Å². The molecule has 0 spiro atoms. The predicted molar refractivity (Wildman–Crippen MR) is 108 cm³/mol. The number of sulfonamides is 1. The predicted octanol–water partition coefficient (Wildman–Crippen LogP) is 3.32. The summed E-state index contributed by atoms with van der Waals surface area (Å²) < 4.78 is 33.2. The van der Waals surface area contributed by atoms with Crippen molar-refractivity contribution in [1.82, 2.24) is 9.62 Å². The monoisotopic (exact) mass is 422 g/mol. The van der Waals surface area contributed by atoms with Crippen molar-refractivity contribution in [3.05, 3.63) is 59.1 Å². The van der Waals surface area contributed by atoms with Crippen LogP contribution in [0.2, 0.25) is 5.02 Å². The molecule has 1 fully saturated rings. The van der Waals surface area contributed by atoms with E-state index < -0.39 is 10.0 Å². The lowest BCUT2D eigenvalue weighted by Crippen LogP contribution is -2.46. The summed E-state index contributed by atoms with van der Waals surface area (Å²) in [5.41, 5.74) is 0.596. The fourth-order valence-corrected chi connectivity index (χ4v) is 5.01. The average Bonchev–Trinajstić information content (AvgIpc) is 2.69. The van der Waals surface area contributed by atoms with Gasteiger partial charge in [0.15, 0.2) is 0 Å². The zero-order chi connectivity index (χ0) is 20.1. The molecular weight excluding hydrogens is 400 g/mol. The molecule has 1 heterocycles. The van der Waals surface area contributed by atoms with Crippen molar-refractivity contribution in [3.63, 3.8) is 0 Å². The SMILES string of the molecule is CCOc1ccc(C(=O)N2CCC(NS(=O)(=O)c3ccccc3Cl)CC2)cc1. The minimum atomic E-state index is -3.69. The average molecular weight is 423 g/mol. The van der Waals surface area contributed by atoms with Crippen LogP contribution in [0.3, 0.4) is 0 Å². The fourth-order valence-electron chi connectivity index (χ4n) is 3.19. The van der Waals surface area contributed by atoms with E-state index in [1.807, 2.05) is 6.92 Å². The van der Waals surface area contributed by atoms with Crippen LogP contribution in [0.25, 0.3) is 0 Å². The summed E-state index contributed by atoms with van der Waals surface area (Å²) in [5, 5.41) is 0.193. The number of hydrogen-bond acceptors (Lipinski definition) is 4. The maximum absolute atomic E-state index is 12.7. The quantitative estimate of drug-likeness (QED) is 0.774. The first-order valence-electron chi connectivity index (χ1n) is 9.19. The summed E-state index contributed by atoms with van der Waals surface area (Å²) in [6.07, 6.45) is 1.10. The Morgan fingerprint density at radius 3 is 2.39 bits per heavy atom. The highest BCUT2D eigenvalue weighted by Crippen LogP contribution is 2.22. The Morgan fingerprint density at radius 2 is 1.79 bits per heavy atom. The first kappa shape index (κ1) is 20.6. The summed E-state index contributed by atoms with van der Waals surface area (Å²) in [6, 6.07) is 13.2. The number of carbonyl (C=O) groups excluding carboxylic acids is 1. The highest BCUT2D eigenvalue weighted by atomic mass is 35.5. The van der Waals surface area contributed by atoms with Gasteiger partial charge in [-0.05, 0) is 56.2 Å². The number of likely N-dealkylation sites (tertiary alicyclic amines) is 1. The summed E-state index contributed by atoms with van der Waals surface area (Å²) in [7, 11) is -3.69. The summed E-state index contributed by atoms with van der Waals surface area (Å²) >= 11 is 6.01. The second-order valence-electron chi connectivity index (χ2n) is 6.58. The van der Waals surface area contributed by atoms with Crippen molar-refractivity contribution >= 4 is 27.5 Å². The van der Waals surface area contributed by atoms with E-state index in [1.165, 1.54) is 6.07 Å². The van der Waals surface area contributed by atoms with Crippen LogP contribution in [0, 0.1) is 0 Å². The van der Waals surface area contributed by atoms with Crippen molar-refractivity contribution in [2.24, 2.45) is 0 Å². The molecule has 28 heavy (non-hydrogen) atoms. The Bertz CT molecular complexity index is 923. The molecule has 2 aromatic carbocycles. The number of rotatable bonds is 6. The molecule has 0 saturated carbocycles. The Kier molecular flexibility index (Phi) is 6.59. The highest BCUT2D eigenvalue weighted by molar-refractivity contribution is 7.89. The topological polar surface area (TPSA) is 75.7 Å². The molecule has 3 rings (SSSR count). The van der Waals surface area contributed by atoms with Crippen molar-refractivity contribution in [2.75, 3.05) is 19.7 Å².